The second-order valence-corrected chi connectivity index (χ2v) is 2.14. The van der Waals surface area contributed by atoms with Gasteiger partial charge in [-0.1, -0.05) is 6.08 Å². The van der Waals surface area contributed by atoms with E-state index in [-0.39, 0.29) is 0 Å². The van der Waals surface area contributed by atoms with Crippen molar-refractivity contribution in [2.24, 2.45) is 0 Å². The zero-order chi connectivity index (χ0) is 11.4. The second-order valence-electron chi connectivity index (χ2n) is 2.14. The number of alkyl halides is 4. The molecule has 82 valence electrons. The lowest BCUT2D eigenvalue weighted by Crippen LogP contribution is -2.29. The van der Waals surface area contributed by atoms with E-state index in [0.29, 0.717) is 0 Å². The molecule has 0 bridgehead atoms. The molecule has 0 spiro atoms. The number of rotatable bonds is 5. The molecule has 0 unspecified atom stereocenters. The predicted molar refractivity (Wildman–Crippen MR) is 36.1 cm³/mol. The fraction of sp³-hybridized carbons (Fsp3) is 0.429. The van der Waals surface area contributed by atoms with Gasteiger partial charge < -0.3 is 4.74 Å². The molecule has 0 aromatic heterocycles. The van der Waals surface area contributed by atoms with E-state index in [2.05, 4.69) is 11.3 Å². The highest BCUT2D eigenvalue weighted by molar-refractivity contribution is 4.99. The highest BCUT2D eigenvalue weighted by atomic mass is 19.3. The standard InChI is InChI=1S/C7H6F6O/c1-2-3-4(5(8)9)14-7(12,13)6(10)11/h2,6H,1,3H2. The van der Waals surface area contributed by atoms with E-state index >= 15 is 0 Å². The molecular weight excluding hydrogens is 214 g/mol. The molecule has 0 rings (SSSR count). The van der Waals surface area contributed by atoms with E-state index in [4.69, 9.17) is 0 Å². The molecule has 0 aliphatic carbocycles. The van der Waals surface area contributed by atoms with Crippen molar-refractivity contribution in [3.8, 4) is 0 Å². The molecule has 0 aliphatic rings. The molecule has 0 saturated carbocycles. The first kappa shape index (κ1) is 12.9. The van der Waals surface area contributed by atoms with Gasteiger partial charge in [0.25, 0.3) is 0 Å². The average Bonchev–Trinajstić information content (AvgIpc) is 2.02. The summed E-state index contributed by atoms with van der Waals surface area (Å²) in [7, 11) is 0. The largest absolute Gasteiger partial charge is 0.461 e. The highest BCUT2D eigenvalue weighted by Gasteiger charge is 2.45. The lowest BCUT2D eigenvalue weighted by molar-refractivity contribution is -0.284. The van der Waals surface area contributed by atoms with Gasteiger partial charge >= 0.3 is 18.6 Å². The van der Waals surface area contributed by atoms with Gasteiger partial charge in [0, 0.05) is 6.42 Å². The normalized spacial score (nSPS) is 11.4. The third-order valence-corrected chi connectivity index (χ3v) is 1.05. The van der Waals surface area contributed by atoms with E-state index in [1.54, 1.807) is 0 Å². The van der Waals surface area contributed by atoms with Gasteiger partial charge in [-0.15, -0.1) is 6.58 Å². The second kappa shape index (κ2) is 4.92. The molecule has 0 aromatic rings. The van der Waals surface area contributed by atoms with Gasteiger partial charge in [0.1, 0.15) is 0 Å². The van der Waals surface area contributed by atoms with Crippen LogP contribution < -0.4 is 0 Å². The van der Waals surface area contributed by atoms with Gasteiger partial charge in [0.05, 0.1) is 0 Å². The average molecular weight is 220 g/mol. The van der Waals surface area contributed by atoms with Gasteiger partial charge in [-0.25, -0.2) is 0 Å². The fourth-order valence-electron chi connectivity index (χ4n) is 0.497. The van der Waals surface area contributed by atoms with Gasteiger partial charge in [0.15, 0.2) is 5.76 Å². The predicted octanol–water partition coefficient (Wildman–Crippen LogP) is 3.55. The summed E-state index contributed by atoms with van der Waals surface area (Å²) < 4.78 is 74.0. The van der Waals surface area contributed by atoms with Crippen LogP contribution in [0.25, 0.3) is 0 Å². The van der Waals surface area contributed by atoms with Gasteiger partial charge in [-0.05, 0) is 0 Å². The SMILES string of the molecule is C=CCC(OC(F)(F)C(F)F)=C(F)F. The zero-order valence-electron chi connectivity index (χ0n) is 6.74. The van der Waals surface area contributed by atoms with Crippen molar-refractivity contribution in [1.82, 2.24) is 0 Å². The quantitative estimate of drug-likeness (QED) is 0.391. The molecule has 0 saturated heterocycles. The van der Waals surface area contributed by atoms with Crippen LogP contribution in [0.5, 0.6) is 0 Å². The zero-order valence-corrected chi connectivity index (χ0v) is 6.74. The van der Waals surface area contributed by atoms with Crippen molar-refractivity contribution in [2.45, 2.75) is 19.0 Å². The fourth-order valence-corrected chi connectivity index (χ4v) is 0.497. The molecule has 1 nitrogen and oxygen atoms in total. The van der Waals surface area contributed by atoms with Crippen LogP contribution in [0.4, 0.5) is 26.3 Å². The summed E-state index contributed by atoms with van der Waals surface area (Å²) >= 11 is 0. The number of ether oxygens (including phenoxy) is 1. The van der Waals surface area contributed by atoms with Gasteiger partial charge in [0.2, 0.25) is 0 Å². The molecular formula is C7H6F6O. The van der Waals surface area contributed by atoms with Crippen LogP contribution in [0, 0.1) is 0 Å². The molecule has 0 heterocycles. The maximum absolute atomic E-state index is 12.1. The summed E-state index contributed by atoms with van der Waals surface area (Å²) in [5, 5.41) is 0. The first-order valence-electron chi connectivity index (χ1n) is 3.31. The van der Waals surface area contributed by atoms with Gasteiger partial charge in [-0.2, -0.15) is 26.3 Å². The summed E-state index contributed by atoms with van der Waals surface area (Å²) in [5.41, 5.74) is 0. The summed E-state index contributed by atoms with van der Waals surface area (Å²) in [4.78, 5) is 0. The van der Waals surface area contributed by atoms with Crippen LogP contribution in [0.2, 0.25) is 0 Å². The minimum absolute atomic E-state index is 0.745. The van der Waals surface area contributed by atoms with Gasteiger partial charge in [-0.3, -0.25) is 0 Å². The Labute approximate surface area is 75.7 Å². The molecule has 0 atom stereocenters. The van der Waals surface area contributed by atoms with E-state index in [9.17, 15) is 26.3 Å². The lowest BCUT2D eigenvalue weighted by Gasteiger charge is -2.17. The van der Waals surface area contributed by atoms with E-state index < -0.39 is 30.8 Å². The third-order valence-electron chi connectivity index (χ3n) is 1.05. The summed E-state index contributed by atoms with van der Waals surface area (Å²) in [6, 6.07) is 0. The molecule has 0 N–H and O–H groups in total. The topological polar surface area (TPSA) is 9.23 Å². The summed E-state index contributed by atoms with van der Waals surface area (Å²) in [6.07, 6.45) is -11.6. The van der Waals surface area contributed by atoms with Crippen molar-refractivity contribution < 1.29 is 31.1 Å². The van der Waals surface area contributed by atoms with E-state index in [1.165, 1.54) is 0 Å². The minimum atomic E-state index is -4.91. The van der Waals surface area contributed by atoms with Crippen LogP contribution in [0.3, 0.4) is 0 Å². The summed E-state index contributed by atoms with van der Waals surface area (Å²) in [5.74, 6) is -1.51. The molecule has 0 aliphatic heterocycles. The molecule has 0 aromatic carbocycles. The van der Waals surface area contributed by atoms with Crippen LogP contribution >= 0.6 is 0 Å². The number of hydrogen-bond acceptors (Lipinski definition) is 1. The number of hydrogen-bond donors (Lipinski definition) is 0. The Balaban J connectivity index is 4.61. The van der Waals surface area contributed by atoms with Crippen LogP contribution in [-0.2, 0) is 4.74 Å². The first-order chi connectivity index (χ1) is 6.31. The Bertz CT molecular complexity index is 230. The molecule has 14 heavy (non-hydrogen) atoms. The van der Waals surface area contributed by atoms with Crippen LogP contribution in [0.15, 0.2) is 24.5 Å². The molecule has 7 heteroatoms. The number of halogens is 6. The monoisotopic (exact) mass is 220 g/mol. The van der Waals surface area contributed by atoms with Crippen molar-refractivity contribution in [3.63, 3.8) is 0 Å². The molecule has 0 radical (unpaired) electrons. The molecule has 0 fully saturated rings. The van der Waals surface area contributed by atoms with Crippen LogP contribution in [0.1, 0.15) is 6.42 Å². The van der Waals surface area contributed by atoms with Crippen molar-refractivity contribution in [2.75, 3.05) is 0 Å². The Kier molecular flexibility index (Phi) is 4.52. The van der Waals surface area contributed by atoms with Crippen LogP contribution in [-0.4, -0.2) is 12.5 Å². The first-order valence-corrected chi connectivity index (χ1v) is 3.31. The summed E-state index contributed by atoms with van der Waals surface area (Å²) in [6.45, 7) is 2.98. The van der Waals surface area contributed by atoms with Crippen molar-refractivity contribution in [3.05, 3.63) is 24.5 Å². The Morgan fingerprint density at radius 3 is 2.14 bits per heavy atom. The molecule has 0 amide bonds. The number of allylic oxidation sites excluding steroid dienone is 1. The third kappa shape index (κ3) is 3.71. The smallest absolute Gasteiger partial charge is 0.427 e. The Morgan fingerprint density at radius 2 is 1.86 bits per heavy atom. The van der Waals surface area contributed by atoms with Crippen molar-refractivity contribution in [1.29, 1.82) is 0 Å². The lowest BCUT2D eigenvalue weighted by atomic mass is 10.4. The minimum Gasteiger partial charge on any atom is -0.427 e. The van der Waals surface area contributed by atoms with E-state index in [0.717, 1.165) is 6.08 Å². The Morgan fingerprint density at radius 1 is 1.36 bits per heavy atom. The maximum atomic E-state index is 12.1. The van der Waals surface area contributed by atoms with Crippen molar-refractivity contribution >= 4 is 0 Å². The highest BCUT2D eigenvalue weighted by Crippen LogP contribution is 2.29. The van der Waals surface area contributed by atoms with E-state index in [1.807, 2.05) is 0 Å². The Hall–Kier alpha value is -1.14. The maximum Gasteiger partial charge on any atom is 0.461 e.